The minimum atomic E-state index is -3.34. The van der Waals surface area contributed by atoms with Crippen LogP contribution in [0.5, 0.6) is 0 Å². The second kappa shape index (κ2) is 6.55. The lowest BCUT2D eigenvalue weighted by atomic mass is 10.1. The van der Waals surface area contributed by atoms with Gasteiger partial charge in [-0.15, -0.1) is 6.42 Å². The Bertz CT molecular complexity index is 532. The van der Waals surface area contributed by atoms with Crippen LogP contribution in [-0.2, 0) is 22.3 Å². The number of hydrogen-bond donors (Lipinski definition) is 1. The molecule has 1 rings (SSSR count). The Morgan fingerprint density at radius 1 is 1.39 bits per heavy atom. The summed E-state index contributed by atoms with van der Waals surface area (Å²) in [6, 6.07) is 7.51. The lowest BCUT2D eigenvalue weighted by Gasteiger charge is -2.14. The van der Waals surface area contributed by atoms with Crippen LogP contribution in [0.3, 0.4) is 0 Å². The summed E-state index contributed by atoms with van der Waals surface area (Å²) < 4.78 is 25.1. The molecule has 0 heterocycles. The third-order valence-electron chi connectivity index (χ3n) is 2.51. The van der Waals surface area contributed by atoms with Gasteiger partial charge in [-0.25, -0.2) is 8.42 Å². The van der Waals surface area contributed by atoms with Gasteiger partial charge in [0.1, 0.15) is 0 Å². The van der Waals surface area contributed by atoms with Crippen molar-refractivity contribution < 1.29 is 8.42 Å². The lowest BCUT2D eigenvalue weighted by molar-refractivity contribution is 0.502. The number of sulfonamides is 1. The molecule has 0 spiro atoms. The van der Waals surface area contributed by atoms with Crippen LogP contribution < -0.4 is 5.32 Å². The average molecular weight is 266 g/mol. The molecule has 0 unspecified atom stereocenters. The van der Waals surface area contributed by atoms with E-state index in [-0.39, 0.29) is 12.3 Å². The molecule has 0 aliphatic rings. The fourth-order valence-electron chi connectivity index (χ4n) is 1.58. The van der Waals surface area contributed by atoms with E-state index in [0.29, 0.717) is 6.54 Å². The fourth-order valence-corrected chi connectivity index (χ4v) is 2.67. The number of benzene rings is 1. The first kappa shape index (κ1) is 14.7. The molecule has 5 heteroatoms. The highest BCUT2D eigenvalue weighted by Crippen LogP contribution is 2.11. The number of nitrogens with one attached hydrogen (secondary N) is 1. The van der Waals surface area contributed by atoms with Gasteiger partial charge in [0.05, 0.1) is 12.3 Å². The third kappa shape index (κ3) is 4.15. The van der Waals surface area contributed by atoms with Crippen LogP contribution in [-0.4, -0.2) is 33.4 Å². The van der Waals surface area contributed by atoms with Crippen molar-refractivity contribution in [3.63, 3.8) is 0 Å². The molecule has 0 aliphatic heterocycles. The summed E-state index contributed by atoms with van der Waals surface area (Å²) in [4.78, 5) is 0. The standard InChI is InChI=1S/C13H18N2O2S/c1-4-8-15(3)18(16,17)11-13-7-5-6-12(9-13)10-14-2/h1,5-7,9,14H,8,10-11H2,2-3H3. The molecule has 98 valence electrons. The highest BCUT2D eigenvalue weighted by atomic mass is 32.2. The van der Waals surface area contributed by atoms with Crippen LogP contribution in [0.4, 0.5) is 0 Å². The van der Waals surface area contributed by atoms with E-state index in [2.05, 4.69) is 11.2 Å². The minimum Gasteiger partial charge on any atom is -0.316 e. The molecule has 0 saturated heterocycles. The number of terminal acetylenes is 1. The van der Waals surface area contributed by atoms with Gasteiger partial charge in [0.2, 0.25) is 10.0 Å². The van der Waals surface area contributed by atoms with Gasteiger partial charge in [0, 0.05) is 13.6 Å². The van der Waals surface area contributed by atoms with Crippen molar-refractivity contribution in [1.29, 1.82) is 0 Å². The zero-order valence-corrected chi connectivity index (χ0v) is 11.5. The largest absolute Gasteiger partial charge is 0.316 e. The van der Waals surface area contributed by atoms with E-state index in [0.717, 1.165) is 11.1 Å². The predicted molar refractivity (Wildman–Crippen MR) is 73.3 cm³/mol. The van der Waals surface area contributed by atoms with Gasteiger partial charge in [-0.3, -0.25) is 0 Å². The number of rotatable bonds is 6. The topological polar surface area (TPSA) is 49.4 Å². The minimum absolute atomic E-state index is 0.0251. The van der Waals surface area contributed by atoms with Crippen molar-refractivity contribution in [3.05, 3.63) is 35.4 Å². The number of nitrogens with zero attached hydrogens (tertiary/aromatic N) is 1. The van der Waals surface area contributed by atoms with E-state index in [1.165, 1.54) is 11.4 Å². The predicted octanol–water partition coefficient (Wildman–Crippen LogP) is 0.801. The van der Waals surface area contributed by atoms with Crippen LogP contribution in [0.1, 0.15) is 11.1 Å². The smallest absolute Gasteiger partial charge is 0.218 e. The van der Waals surface area contributed by atoms with Crippen LogP contribution in [0.2, 0.25) is 0 Å². The van der Waals surface area contributed by atoms with Crippen molar-refractivity contribution in [2.24, 2.45) is 0 Å². The molecule has 0 bridgehead atoms. The SMILES string of the molecule is C#CCN(C)S(=O)(=O)Cc1cccc(CNC)c1. The van der Waals surface area contributed by atoms with Crippen LogP contribution in [0.25, 0.3) is 0 Å². The van der Waals surface area contributed by atoms with E-state index in [1.807, 2.05) is 25.2 Å². The Labute approximate surface area is 109 Å². The molecular formula is C13H18N2O2S. The highest BCUT2D eigenvalue weighted by Gasteiger charge is 2.17. The van der Waals surface area contributed by atoms with E-state index < -0.39 is 10.0 Å². The maximum absolute atomic E-state index is 12.0. The Morgan fingerprint density at radius 3 is 2.67 bits per heavy atom. The Morgan fingerprint density at radius 2 is 2.06 bits per heavy atom. The Balaban J connectivity index is 2.84. The third-order valence-corrected chi connectivity index (χ3v) is 4.29. The molecular weight excluding hydrogens is 248 g/mol. The summed E-state index contributed by atoms with van der Waals surface area (Å²) in [6.07, 6.45) is 5.12. The normalized spacial score (nSPS) is 11.4. The van der Waals surface area contributed by atoms with Crippen LogP contribution >= 0.6 is 0 Å². The van der Waals surface area contributed by atoms with Gasteiger partial charge in [0.25, 0.3) is 0 Å². The summed E-state index contributed by atoms with van der Waals surface area (Å²) in [6.45, 7) is 0.812. The Kier molecular flexibility index (Phi) is 5.35. The zero-order valence-electron chi connectivity index (χ0n) is 10.7. The Hall–Kier alpha value is -1.35. The van der Waals surface area contributed by atoms with E-state index in [1.54, 1.807) is 6.07 Å². The van der Waals surface area contributed by atoms with Crippen molar-refractivity contribution >= 4 is 10.0 Å². The molecule has 1 aromatic rings. The van der Waals surface area contributed by atoms with Gasteiger partial charge in [-0.1, -0.05) is 30.2 Å². The number of hydrogen-bond acceptors (Lipinski definition) is 3. The quantitative estimate of drug-likeness (QED) is 0.775. The first-order valence-electron chi connectivity index (χ1n) is 5.59. The van der Waals surface area contributed by atoms with Gasteiger partial charge in [0.15, 0.2) is 0 Å². The van der Waals surface area contributed by atoms with Crippen molar-refractivity contribution in [2.45, 2.75) is 12.3 Å². The average Bonchev–Trinajstić information content (AvgIpc) is 2.29. The van der Waals surface area contributed by atoms with Gasteiger partial charge in [-0.2, -0.15) is 4.31 Å². The maximum Gasteiger partial charge on any atom is 0.218 e. The molecule has 0 saturated carbocycles. The molecule has 18 heavy (non-hydrogen) atoms. The summed E-state index contributed by atoms with van der Waals surface area (Å²) in [5.74, 6) is 2.30. The summed E-state index contributed by atoms with van der Waals surface area (Å²) >= 11 is 0. The van der Waals surface area contributed by atoms with Gasteiger partial charge in [-0.05, 0) is 18.2 Å². The van der Waals surface area contributed by atoms with Gasteiger partial charge >= 0.3 is 0 Å². The van der Waals surface area contributed by atoms with Crippen molar-refractivity contribution in [1.82, 2.24) is 9.62 Å². The first-order chi connectivity index (χ1) is 8.49. The van der Waals surface area contributed by atoms with E-state index in [9.17, 15) is 8.42 Å². The summed E-state index contributed by atoms with van der Waals surface area (Å²) in [5.41, 5.74) is 1.83. The fraction of sp³-hybridized carbons (Fsp3) is 0.385. The lowest BCUT2D eigenvalue weighted by Crippen LogP contribution is -2.28. The second-order valence-electron chi connectivity index (χ2n) is 4.07. The molecule has 0 radical (unpaired) electrons. The molecule has 0 amide bonds. The first-order valence-corrected chi connectivity index (χ1v) is 7.20. The maximum atomic E-state index is 12.0. The molecule has 0 aliphatic carbocycles. The molecule has 0 fully saturated rings. The zero-order chi connectivity index (χ0) is 13.6. The second-order valence-corrected chi connectivity index (χ2v) is 6.14. The van der Waals surface area contributed by atoms with Gasteiger partial charge < -0.3 is 5.32 Å². The summed E-state index contributed by atoms with van der Waals surface area (Å²) in [7, 11) is 0.00724. The van der Waals surface area contributed by atoms with Crippen molar-refractivity contribution in [2.75, 3.05) is 20.6 Å². The molecule has 4 nitrogen and oxygen atoms in total. The van der Waals surface area contributed by atoms with Crippen LogP contribution in [0, 0.1) is 12.3 Å². The van der Waals surface area contributed by atoms with Crippen molar-refractivity contribution in [3.8, 4) is 12.3 Å². The van der Waals surface area contributed by atoms with E-state index in [4.69, 9.17) is 6.42 Å². The van der Waals surface area contributed by atoms with Crippen LogP contribution in [0.15, 0.2) is 24.3 Å². The summed E-state index contributed by atoms with van der Waals surface area (Å²) in [5, 5.41) is 3.03. The molecule has 1 aromatic carbocycles. The molecule has 1 N–H and O–H groups in total. The molecule has 0 atom stereocenters. The highest BCUT2D eigenvalue weighted by molar-refractivity contribution is 7.88. The van der Waals surface area contributed by atoms with E-state index >= 15 is 0 Å². The molecule has 0 aromatic heterocycles. The monoisotopic (exact) mass is 266 g/mol.